The standard InChI is InChI=1S/C24H30Cl3N3O4S/c1-5-22(24(32)28-13-16(2)3)29(14-19-20(26)7-6-8-21(19)27)23(31)15-30(35(4,33)34)18-11-9-17(25)10-12-18/h6-12,16,22H,5,13-15H2,1-4H3,(H,28,32)/t22-/m0/s1. The average molecular weight is 563 g/mol. The van der Waals surface area contributed by atoms with Crippen LogP contribution < -0.4 is 9.62 Å². The first-order valence-electron chi connectivity index (χ1n) is 11.1. The summed E-state index contributed by atoms with van der Waals surface area (Å²) in [5.41, 5.74) is 0.745. The SMILES string of the molecule is CC[C@@H](C(=O)NCC(C)C)N(Cc1c(Cl)cccc1Cl)C(=O)CN(c1ccc(Cl)cc1)S(C)(=O)=O. The van der Waals surface area contributed by atoms with E-state index >= 15 is 0 Å². The van der Waals surface area contributed by atoms with Crippen molar-refractivity contribution in [2.24, 2.45) is 5.92 Å². The van der Waals surface area contributed by atoms with Gasteiger partial charge in [0, 0.05) is 33.7 Å². The summed E-state index contributed by atoms with van der Waals surface area (Å²) in [6.07, 6.45) is 1.31. The van der Waals surface area contributed by atoms with Gasteiger partial charge in [-0.15, -0.1) is 0 Å². The maximum atomic E-state index is 13.6. The van der Waals surface area contributed by atoms with Gasteiger partial charge in [-0.1, -0.05) is 61.6 Å². The Bertz CT molecular complexity index is 1120. The van der Waals surface area contributed by atoms with E-state index in [-0.39, 0.29) is 24.1 Å². The number of carbonyl (C=O) groups is 2. The molecule has 35 heavy (non-hydrogen) atoms. The molecule has 0 bridgehead atoms. The maximum Gasteiger partial charge on any atom is 0.244 e. The summed E-state index contributed by atoms with van der Waals surface area (Å²) in [7, 11) is -3.83. The predicted octanol–water partition coefficient (Wildman–Crippen LogP) is 4.99. The van der Waals surface area contributed by atoms with Gasteiger partial charge in [0.15, 0.2) is 0 Å². The van der Waals surface area contributed by atoms with Crippen LogP contribution in [0.25, 0.3) is 0 Å². The van der Waals surface area contributed by atoms with Gasteiger partial charge in [-0.2, -0.15) is 0 Å². The second-order valence-corrected chi connectivity index (χ2v) is 11.7. The maximum absolute atomic E-state index is 13.6. The molecule has 2 amide bonds. The molecule has 1 N–H and O–H groups in total. The topological polar surface area (TPSA) is 86.8 Å². The smallest absolute Gasteiger partial charge is 0.244 e. The Morgan fingerprint density at radius 3 is 2.06 bits per heavy atom. The zero-order valence-corrected chi connectivity index (χ0v) is 23.2. The second-order valence-electron chi connectivity index (χ2n) is 8.53. The third-order valence-corrected chi connectivity index (χ3v) is 7.36. The lowest BCUT2D eigenvalue weighted by Crippen LogP contribution is -2.52. The molecule has 192 valence electrons. The van der Waals surface area contributed by atoms with Crippen LogP contribution in [0, 0.1) is 5.92 Å². The average Bonchev–Trinajstić information content (AvgIpc) is 2.77. The Morgan fingerprint density at radius 2 is 1.57 bits per heavy atom. The summed E-state index contributed by atoms with van der Waals surface area (Å²) in [6.45, 7) is 5.55. The van der Waals surface area contributed by atoms with Gasteiger partial charge in [-0.3, -0.25) is 13.9 Å². The Balaban J connectivity index is 2.47. The third-order valence-electron chi connectivity index (χ3n) is 5.25. The molecule has 0 aliphatic rings. The summed E-state index contributed by atoms with van der Waals surface area (Å²) in [4.78, 5) is 28.0. The van der Waals surface area contributed by atoms with Crippen molar-refractivity contribution < 1.29 is 18.0 Å². The first-order chi connectivity index (χ1) is 16.3. The number of rotatable bonds is 11. The van der Waals surface area contributed by atoms with Crippen molar-refractivity contribution in [3.63, 3.8) is 0 Å². The van der Waals surface area contributed by atoms with Gasteiger partial charge >= 0.3 is 0 Å². The van der Waals surface area contributed by atoms with Crippen molar-refractivity contribution in [3.8, 4) is 0 Å². The van der Waals surface area contributed by atoms with Gasteiger partial charge in [-0.25, -0.2) is 8.42 Å². The minimum Gasteiger partial charge on any atom is -0.354 e. The molecule has 0 spiro atoms. The monoisotopic (exact) mass is 561 g/mol. The van der Waals surface area contributed by atoms with Crippen molar-refractivity contribution in [1.29, 1.82) is 0 Å². The summed E-state index contributed by atoms with van der Waals surface area (Å²) in [5, 5.41) is 3.96. The molecular formula is C24H30Cl3N3O4S. The zero-order chi connectivity index (χ0) is 26.3. The zero-order valence-electron chi connectivity index (χ0n) is 20.1. The molecule has 1 atom stereocenters. The summed E-state index contributed by atoms with van der Waals surface area (Å²) < 4.78 is 26.2. The van der Waals surface area contributed by atoms with E-state index in [2.05, 4.69) is 5.32 Å². The van der Waals surface area contributed by atoms with E-state index in [4.69, 9.17) is 34.8 Å². The highest BCUT2D eigenvalue weighted by atomic mass is 35.5. The molecular weight excluding hydrogens is 533 g/mol. The highest BCUT2D eigenvalue weighted by Crippen LogP contribution is 2.28. The van der Waals surface area contributed by atoms with Crippen molar-refractivity contribution in [3.05, 3.63) is 63.1 Å². The number of amides is 2. The molecule has 0 fully saturated rings. The number of carbonyl (C=O) groups excluding carboxylic acids is 2. The molecule has 0 aromatic heterocycles. The van der Waals surface area contributed by atoms with Gasteiger partial charge in [0.1, 0.15) is 12.6 Å². The van der Waals surface area contributed by atoms with E-state index in [0.717, 1.165) is 10.6 Å². The number of nitrogens with zero attached hydrogens (tertiary/aromatic N) is 2. The van der Waals surface area contributed by atoms with E-state index in [1.165, 1.54) is 29.2 Å². The molecule has 11 heteroatoms. The van der Waals surface area contributed by atoms with Crippen LogP contribution in [0.15, 0.2) is 42.5 Å². The third kappa shape index (κ3) is 8.27. The Hall–Kier alpha value is -2.00. The van der Waals surface area contributed by atoms with Crippen LogP contribution in [0.3, 0.4) is 0 Å². The van der Waals surface area contributed by atoms with E-state index in [0.29, 0.717) is 33.6 Å². The summed E-state index contributed by atoms with van der Waals surface area (Å²) in [5.74, 6) is -0.702. The van der Waals surface area contributed by atoms with E-state index in [9.17, 15) is 18.0 Å². The minimum atomic E-state index is -3.83. The molecule has 0 heterocycles. The lowest BCUT2D eigenvalue weighted by Gasteiger charge is -2.33. The van der Waals surface area contributed by atoms with Crippen molar-refractivity contribution in [2.45, 2.75) is 39.8 Å². The molecule has 0 unspecified atom stereocenters. The quantitative estimate of drug-likeness (QED) is 0.418. The molecule has 2 aromatic rings. The first-order valence-corrected chi connectivity index (χ1v) is 14.1. The summed E-state index contributed by atoms with van der Waals surface area (Å²) >= 11 is 18.7. The number of benzene rings is 2. The normalized spacial score (nSPS) is 12.3. The fourth-order valence-electron chi connectivity index (χ4n) is 3.42. The second kappa shape index (κ2) is 12.8. The molecule has 0 aliphatic carbocycles. The van der Waals surface area contributed by atoms with Crippen LogP contribution in [-0.4, -0.2) is 50.5 Å². The number of halogens is 3. The van der Waals surface area contributed by atoms with Gasteiger partial charge in [-0.05, 0) is 48.7 Å². The van der Waals surface area contributed by atoms with Gasteiger partial charge in [0.25, 0.3) is 0 Å². The van der Waals surface area contributed by atoms with E-state index in [1.54, 1.807) is 25.1 Å². The van der Waals surface area contributed by atoms with E-state index in [1.807, 2.05) is 13.8 Å². The molecule has 2 rings (SSSR count). The van der Waals surface area contributed by atoms with Crippen molar-refractivity contribution in [2.75, 3.05) is 23.7 Å². The number of hydrogen-bond donors (Lipinski definition) is 1. The highest BCUT2D eigenvalue weighted by molar-refractivity contribution is 7.92. The molecule has 0 saturated heterocycles. The van der Waals surface area contributed by atoms with Crippen LogP contribution in [0.1, 0.15) is 32.8 Å². The fraction of sp³-hybridized carbons (Fsp3) is 0.417. The number of sulfonamides is 1. The Morgan fingerprint density at radius 1 is 1.00 bits per heavy atom. The largest absolute Gasteiger partial charge is 0.354 e. The number of hydrogen-bond acceptors (Lipinski definition) is 4. The molecule has 0 saturated carbocycles. The lowest BCUT2D eigenvalue weighted by molar-refractivity contribution is -0.140. The van der Waals surface area contributed by atoms with Gasteiger partial charge in [0.05, 0.1) is 11.9 Å². The minimum absolute atomic E-state index is 0.0663. The lowest BCUT2D eigenvalue weighted by atomic mass is 10.1. The molecule has 2 aromatic carbocycles. The Labute approximate surface area is 222 Å². The van der Waals surface area contributed by atoms with Gasteiger partial charge < -0.3 is 10.2 Å². The van der Waals surface area contributed by atoms with Crippen LogP contribution in [0.2, 0.25) is 15.1 Å². The highest BCUT2D eigenvalue weighted by Gasteiger charge is 2.32. The van der Waals surface area contributed by atoms with Crippen molar-refractivity contribution in [1.82, 2.24) is 10.2 Å². The number of nitrogens with one attached hydrogen (secondary N) is 1. The molecule has 7 nitrogen and oxygen atoms in total. The van der Waals surface area contributed by atoms with Gasteiger partial charge in [0.2, 0.25) is 21.8 Å². The molecule has 0 aliphatic heterocycles. The van der Waals surface area contributed by atoms with Crippen LogP contribution >= 0.6 is 34.8 Å². The van der Waals surface area contributed by atoms with Crippen LogP contribution in [-0.2, 0) is 26.2 Å². The molecule has 0 radical (unpaired) electrons. The fourth-order valence-corrected chi connectivity index (χ4v) is 4.91. The van der Waals surface area contributed by atoms with Crippen LogP contribution in [0.4, 0.5) is 5.69 Å². The first kappa shape index (κ1) is 29.2. The van der Waals surface area contributed by atoms with Crippen LogP contribution in [0.5, 0.6) is 0 Å². The predicted molar refractivity (Wildman–Crippen MR) is 143 cm³/mol. The number of anilines is 1. The van der Waals surface area contributed by atoms with Crippen molar-refractivity contribution >= 4 is 62.3 Å². The summed E-state index contributed by atoms with van der Waals surface area (Å²) in [6, 6.07) is 10.2. The van der Waals surface area contributed by atoms with E-state index < -0.39 is 28.5 Å². The Kier molecular flexibility index (Phi) is 10.7.